The highest BCUT2D eigenvalue weighted by molar-refractivity contribution is 7.89. The Morgan fingerprint density at radius 3 is 2.65 bits per heavy atom. The maximum absolute atomic E-state index is 13.6. The Labute approximate surface area is 119 Å². The van der Waals surface area contributed by atoms with Crippen molar-refractivity contribution in [1.82, 2.24) is 4.72 Å². The molecule has 1 saturated carbocycles. The van der Waals surface area contributed by atoms with Crippen LogP contribution in [0.25, 0.3) is 0 Å². The highest BCUT2D eigenvalue weighted by atomic mass is 32.2. The van der Waals surface area contributed by atoms with Crippen molar-refractivity contribution in [2.75, 3.05) is 12.3 Å². The molecule has 0 heterocycles. The number of hydrogen-bond acceptors (Lipinski definition) is 3. The molecule has 0 bridgehead atoms. The molecule has 1 aromatic rings. The molecule has 0 aliphatic heterocycles. The molecule has 112 valence electrons. The summed E-state index contributed by atoms with van der Waals surface area (Å²) in [5, 5.41) is 0. The van der Waals surface area contributed by atoms with Crippen LogP contribution in [0, 0.1) is 24.6 Å². The van der Waals surface area contributed by atoms with Gasteiger partial charge in [-0.3, -0.25) is 0 Å². The van der Waals surface area contributed by atoms with Gasteiger partial charge in [-0.2, -0.15) is 0 Å². The first kappa shape index (κ1) is 15.3. The van der Waals surface area contributed by atoms with Gasteiger partial charge in [-0.25, -0.2) is 17.5 Å². The van der Waals surface area contributed by atoms with E-state index in [-0.39, 0.29) is 16.1 Å². The molecule has 2 rings (SSSR count). The summed E-state index contributed by atoms with van der Waals surface area (Å²) in [4.78, 5) is -0.108. The Morgan fingerprint density at radius 2 is 2.10 bits per heavy atom. The van der Waals surface area contributed by atoms with E-state index in [1.54, 1.807) is 0 Å². The third kappa shape index (κ3) is 3.12. The third-order valence-corrected chi connectivity index (χ3v) is 5.65. The number of benzene rings is 1. The predicted molar refractivity (Wildman–Crippen MR) is 77.2 cm³/mol. The third-order valence-electron chi connectivity index (χ3n) is 4.24. The van der Waals surface area contributed by atoms with Gasteiger partial charge in [0.25, 0.3) is 0 Å². The highest BCUT2D eigenvalue weighted by Crippen LogP contribution is 2.31. The van der Waals surface area contributed by atoms with E-state index in [9.17, 15) is 12.8 Å². The zero-order valence-corrected chi connectivity index (χ0v) is 12.6. The van der Waals surface area contributed by atoms with E-state index < -0.39 is 15.8 Å². The van der Waals surface area contributed by atoms with E-state index in [0.717, 1.165) is 25.3 Å². The van der Waals surface area contributed by atoms with Gasteiger partial charge in [0, 0.05) is 17.8 Å². The molecule has 0 spiro atoms. The predicted octanol–water partition coefficient (Wildman–Crippen LogP) is 2.43. The number of nitrogen functional groups attached to an aromatic ring is 1. The second kappa shape index (κ2) is 5.69. The van der Waals surface area contributed by atoms with Crippen LogP contribution in [0.2, 0.25) is 0 Å². The van der Waals surface area contributed by atoms with Gasteiger partial charge < -0.3 is 5.73 Å². The Bertz CT molecular complexity index is 578. The topological polar surface area (TPSA) is 72.2 Å². The van der Waals surface area contributed by atoms with Crippen LogP contribution in [0.4, 0.5) is 10.1 Å². The summed E-state index contributed by atoms with van der Waals surface area (Å²) in [5.74, 6) is 0.287. The monoisotopic (exact) mass is 300 g/mol. The van der Waals surface area contributed by atoms with Crippen molar-refractivity contribution in [3.8, 4) is 0 Å². The summed E-state index contributed by atoms with van der Waals surface area (Å²) in [5.41, 5.74) is 6.05. The maximum atomic E-state index is 13.6. The second-order valence-electron chi connectivity index (χ2n) is 5.64. The Balaban J connectivity index is 2.14. The van der Waals surface area contributed by atoms with Gasteiger partial charge in [-0.15, -0.1) is 0 Å². The van der Waals surface area contributed by atoms with E-state index in [0.29, 0.717) is 18.4 Å². The first-order valence-electron chi connectivity index (χ1n) is 6.86. The molecule has 2 unspecified atom stereocenters. The minimum Gasteiger partial charge on any atom is -0.398 e. The Morgan fingerprint density at radius 1 is 1.40 bits per heavy atom. The minimum absolute atomic E-state index is 0.108. The van der Waals surface area contributed by atoms with Gasteiger partial charge in [0.15, 0.2) is 0 Å². The number of hydrogen-bond donors (Lipinski definition) is 2. The van der Waals surface area contributed by atoms with Crippen molar-refractivity contribution in [3.05, 3.63) is 23.5 Å². The second-order valence-corrected chi connectivity index (χ2v) is 7.41. The average molecular weight is 300 g/mol. The van der Waals surface area contributed by atoms with Crippen LogP contribution in [0.5, 0.6) is 0 Å². The molecule has 0 saturated heterocycles. The normalized spacial score (nSPS) is 23.1. The lowest BCUT2D eigenvalue weighted by Crippen LogP contribution is -2.30. The van der Waals surface area contributed by atoms with E-state index >= 15 is 0 Å². The van der Waals surface area contributed by atoms with Crippen LogP contribution in [-0.4, -0.2) is 15.0 Å². The van der Waals surface area contributed by atoms with Crippen LogP contribution >= 0.6 is 0 Å². The van der Waals surface area contributed by atoms with Crippen molar-refractivity contribution in [2.24, 2.45) is 11.8 Å². The standard InChI is InChI=1S/C14H21FN2O2S/c1-9-4-3-5-11(9)8-17-20(18,19)12-6-13(15)10(2)14(16)7-12/h6-7,9,11,17H,3-5,8,16H2,1-2H3. The van der Waals surface area contributed by atoms with Gasteiger partial charge >= 0.3 is 0 Å². The summed E-state index contributed by atoms with van der Waals surface area (Å²) in [6, 6.07) is 2.32. The number of nitrogens with one attached hydrogen (secondary N) is 1. The van der Waals surface area contributed by atoms with Gasteiger partial charge in [0.05, 0.1) is 4.90 Å². The summed E-state index contributed by atoms with van der Waals surface area (Å²) in [7, 11) is -3.70. The lowest BCUT2D eigenvalue weighted by molar-refractivity contribution is 0.414. The first-order chi connectivity index (χ1) is 9.31. The molecule has 0 radical (unpaired) electrons. The molecular formula is C14H21FN2O2S. The number of halogens is 1. The van der Waals surface area contributed by atoms with Crippen LogP contribution in [0.1, 0.15) is 31.7 Å². The fourth-order valence-corrected chi connectivity index (χ4v) is 3.80. The molecule has 20 heavy (non-hydrogen) atoms. The fraction of sp³-hybridized carbons (Fsp3) is 0.571. The Kier molecular flexibility index (Phi) is 4.34. The molecule has 0 amide bonds. The SMILES string of the molecule is Cc1c(N)cc(S(=O)(=O)NCC2CCCC2C)cc1F. The van der Waals surface area contributed by atoms with Crippen molar-refractivity contribution in [3.63, 3.8) is 0 Å². The van der Waals surface area contributed by atoms with Crippen LogP contribution in [0.15, 0.2) is 17.0 Å². The van der Waals surface area contributed by atoms with Crippen molar-refractivity contribution < 1.29 is 12.8 Å². The average Bonchev–Trinajstić information content (AvgIpc) is 2.78. The number of sulfonamides is 1. The highest BCUT2D eigenvalue weighted by Gasteiger charge is 2.25. The molecule has 1 aliphatic carbocycles. The van der Waals surface area contributed by atoms with Crippen molar-refractivity contribution in [2.45, 2.75) is 38.0 Å². The molecule has 0 aromatic heterocycles. The van der Waals surface area contributed by atoms with Gasteiger partial charge in [0.1, 0.15) is 5.82 Å². The lowest BCUT2D eigenvalue weighted by atomic mass is 9.99. The quantitative estimate of drug-likeness (QED) is 0.839. The van der Waals surface area contributed by atoms with E-state index in [1.807, 2.05) is 0 Å². The molecule has 6 heteroatoms. The van der Waals surface area contributed by atoms with Gasteiger partial charge in [-0.05, 0) is 37.3 Å². The van der Waals surface area contributed by atoms with Crippen LogP contribution in [0.3, 0.4) is 0 Å². The molecule has 1 fully saturated rings. The van der Waals surface area contributed by atoms with E-state index in [2.05, 4.69) is 11.6 Å². The Hall–Kier alpha value is -1.14. The molecule has 2 atom stereocenters. The summed E-state index contributed by atoms with van der Waals surface area (Å²) >= 11 is 0. The first-order valence-corrected chi connectivity index (χ1v) is 8.35. The smallest absolute Gasteiger partial charge is 0.240 e. The van der Waals surface area contributed by atoms with Crippen LogP contribution < -0.4 is 10.5 Å². The molecule has 4 nitrogen and oxygen atoms in total. The lowest BCUT2D eigenvalue weighted by Gasteiger charge is -2.16. The summed E-state index contributed by atoms with van der Waals surface area (Å²) in [6.45, 7) is 4.06. The zero-order chi connectivity index (χ0) is 14.9. The van der Waals surface area contributed by atoms with Crippen LogP contribution in [-0.2, 0) is 10.0 Å². The van der Waals surface area contributed by atoms with Crippen molar-refractivity contribution >= 4 is 15.7 Å². The zero-order valence-electron chi connectivity index (χ0n) is 11.8. The van der Waals surface area contributed by atoms with E-state index in [4.69, 9.17) is 5.73 Å². The fourth-order valence-electron chi connectivity index (χ4n) is 2.65. The number of rotatable bonds is 4. The van der Waals surface area contributed by atoms with Gasteiger partial charge in [-0.1, -0.05) is 19.8 Å². The maximum Gasteiger partial charge on any atom is 0.240 e. The summed E-state index contributed by atoms with van der Waals surface area (Å²) < 4.78 is 40.5. The van der Waals surface area contributed by atoms with Crippen molar-refractivity contribution in [1.29, 1.82) is 0 Å². The molecule has 1 aliphatic rings. The summed E-state index contributed by atoms with van der Waals surface area (Å²) in [6.07, 6.45) is 3.31. The van der Waals surface area contributed by atoms with Gasteiger partial charge in [0.2, 0.25) is 10.0 Å². The number of nitrogens with two attached hydrogens (primary N) is 1. The van der Waals surface area contributed by atoms with E-state index in [1.165, 1.54) is 13.0 Å². The molecular weight excluding hydrogens is 279 g/mol. The molecule has 1 aromatic carbocycles. The minimum atomic E-state index is -3.70. The number of anilines is 1. The molecule has 3 N–H and O–H groups in total. The largest absolute Gasteiger partial charge is 0.398 e.